The summed E-state index contributed by atoms with van der Waals surface area (Å²) in [5, 5.41) is 37.6. The fourth-order valence-corrected chi connectivity index (χ4v) is 6.61. The van der Waals surface area contributed by atoms with Crippen LogP contribution in [0.25, 0.3) is 10.8 Å². The molecule has 0 bridgehead atoms. The van der Waals surface area contributed by atoms with Crippen molar-refractivity contribution in [1.82, 2.24) is 4.98 Å². The number of carbonyl (C=O) groups is 4. The summed E-state index contributed by atoms with van der Waals surface area (Å²) >= 11 is 0. The second-order valence-electron chi connectivity index (χ2n) is 11.1. The molecule has 7 rings (SSSR count). The minimum absolute atomic E-state index is 0.0376. The molecule has 3 aliphatic rings. The van der Waals surface area contributed by atoms with E-state index in [4.69, 9.17) is 9.57 Å². The molecule has 3 aromatic carbocycles. The number of allylic oxidation sites excluding steroid dienone is 2. The predicted octanol–water partition coefficient (Wildman–Crippen LogP) is 3.51. The molecule has 230 valence electrons. The molecule has 0 unspecified atom stereocenters. The first kappa shape index (κ1) is 28.6. The lowest BCUT2D eigenvalue weighted by molar-refractivity contribution is 0.0790. The highest BCUT2D eigenvalue weighted by atomic mass is 19.1. The van der Waals surface area contributed by atoms with Gasteiger partial charge in [-0.25, -0.2) is 4.39 Å². The number of ether oxygens (including phenoxy) is 1. The molecule has 1 heterocycles. The molecule has 46 heavy (non-hydrogen) atoms. The molecular formula is C33H21FN2O10. The Balaban J connectivity index is 1.30. The number of nitrogens with zero attached hydrogens (tertiary/aromatic N) is 1. The van der Waals surface area contributed by atoms with E-state index in [1.165, 1.54) is 36.5 Å². The topological polar surface area (TPSA) is 193 Å². The number of ketones is 4. The molecule has 3 aliphatic carbocycles. The standard InChI is InChI=1S/C33H21FN2O10/c1-45-19-10-18(37)21-22(26(19)38)28(40)24-23(27(21)39)30(42)33(31(24)43)7-6-14-8-15-9-17(36-32(44)20(15)29(41)25(14)33)11-35-46-12-13-2-4-16(34)5-3-13/h2-5,8-11,39-41H,6-7,12H2,1H3,(H,36,44)/b35-11+/t33-/m0/s1. The summed E-state index contributed by atoms with van der Waals surface area (Å²) in [6, 6.07) is 8.66. The van der Waals surface area contributed by atoms with Crippen LogP contribution in [0.1, 0.15) is 70.2 Å². The number of aromatic nitrogens is 1. The van der Waals surface area contributed by atoms with Gasteiger partial charge in [-0.2, -0.15) is 0 Å². The van der Waals surface area contributed by atoms with E-state index >= 15 is 0 Å². The number of H-pyrrole nitrogens is 1. The maximum atomic E-state index is 14.1. The molecule has 4 N–H and O–H groups in total. The van der Waals surface area contributed by atoms with Gasteiger partial charge in [0, 0.05) is 11.6 Å². The molecule has 0 saturated carbocycles. The Morgan fingerprint density at radius 1 is 0.935 bits per heavy atom. The molecule has 13 heteroatoms. The number of fused-ring (bicyclic) bond motifs is 5. The maximum Gasteiger partial charge on any atom is 0.260 e. The fraction of sp³-hybridized carbons (Fsp3) is 0.152. The van der Waals surface area contributed by atoms with Gasteiger partial charge in [-0.1, -0.05) is 23.4 Å². The quantitative estimate of drug-likeness (QED) is 0.111. The Morgan fingerprint density at radius 3 is 2.28 bits per heavy atom. The zero-order chi connectivity index (χ0) is 32.7. The lowest BCUT2D eigenvalue weighted by atomic mass is 9.76. The summed E-state index contributed by atoms with van der Waals surface area (Å²) in [7, 11) is 1.12. The van der Waals surface area contributed by atoms with Gasteiger partial charge in [-0.3, -0.25) is 24.0 Å². The van der Waals surface area contributed by atoms with Gasteiger partial charge in [0.2, 0.25) is 5.78 Å². The largest absolute Gasteiger partial charge is 0.507 e. The van der Waals surface area contributed by atoms with Gasteiger partial charge in [0.15, 0.2) is 23.1 Å². The van der Waals surface area contributed by atoms with E-state index in [-0.39, 0.29) is 41.5 Å². The fourth-order valence-electron chi connectivity index (χ4n) is 6.61. The summed E-state index contributed by atoms with van der Waals surface area (Å²) in [5.41, 5.74) is -4.47. The number of halogens is 1. The maximum absolute atomic E-state index is 14.1. The van der Waals surface area contributed by atoms with Crippen molar-refractivity contribution in [2.75, 3.05) is 7.11 Å². The van der Waals surface area contributed by atoms with Crippen molar-refractivity contribution in [2.45, 2.75) is 24.9 Å². The van der Waals surface area contributed by atoms with Crippen molar-refractivity contribution >= 4 is 40.1 Å². The van der Waals surface area contributed by atoms with Crippen molar-refractivity contribution in [2.24, 2.45) is 5.16 Å². The van der Waals surface area contributed by atoms with Gasteiger partial charge in [-0.05, 0) is 47.6 Å². The third-order valence-corrected chi connectivity index (χ3v) is 8.67. The number of hydrogen-bond acceptors (Lipinski definition) is 11. The van der Waals surface area contributed by atoms with Crippen molar-refractivity contribution in [3.63, 3.8) is 0 Å². The zero-order valence-electron chi connectivity index (χ0n) is 23.8. The number of phenolic OH excluding ortho intramolecular Hbond substituents is 3. The smallest absolute Gasteiger partial charge is 0.260 e. The van der Waals surface area contributed by atoms with Gasteiger partial charge in [0.1, 0.15) is 35.1 Å². The third-order valence-electron chi connectivity index (χ3n) is 8.67. The van der Waals surface area contributed by atoms with Crippen LogP contribution < -0.4 is 5.56 Å². The number of aryl methyl sites for hydroxylation is 1. The van der Waals surface area contributed by atoms with Gasteiger partial charge in [0.25, 0.3) is 5.56 Å². The number of aromatic hydroxyl groups is 3. The number of Topliss-reactive ketones (excluding diaryl/α,β-unsaturated/α-hetero) is 3. The second kappa shape index (κ2) is 9.95. The normalized spacial score (nSPS) is 18.3. The van der Waals surface area contributed by atoms with Crippen LogP contribution in [0.4, 0.5) is 4.39 Å². The van der Waals surface area contributed by atoms with Crippen LogP contribution in [0.5, 0.6) is 17.2 Å². The lowest BCUT2D eigenvalue weighted by Crippen LogP contribution is -2.36. The molecule has 0 amide bonds. The summed E-state index contributed by atoms with van der Waals surface area (Å²) in [4.78, 5) is 74.9. The van der Waals surface area contributed by atoms with Crippen LogP contribution in [-0.4, -0.2) is 56.8 Å². The van der Waals surface area contributed by atoms with Crippen LogP contribution in [0.2, 0.25) is 0 Å². The number of methoxy groups -OCH3 is 1. The molecule has 1 aromatic heterocycles. The Labute approximate surface area is 257 Å². The first-order valence-corrected chi connectivity index (χ1v) is 13.9. The van der Waals surface area contributed by atoms with Crippen LogP contribution >= 0.6 is 0 Å². The zero-order valence-corrected chi connectivity index (χ0v) is 23.8. The monoisotopic (exact) mass is 624 g/mol. The van der Waals surface area contributed by atoms with E-state index in [0.717, 1.165) is 13.2 Å². The average Bonchev–Trinajstić information content (AvgIpc) is 3.52. The molecule has 0 aliphatic heterocycles. The number of hydrogen-bond donors (Lipinski definition) is 4. The summed E-state index contributed by atoms with van der Waals surface area (Å²) < 4.78 is 18.0. The number of pyridine rings is 1. The Kier molecular flexibility index (Phi) is 6.20. The number of aromatic amines is 1. The number of phenols is 3. The van der Waals surface area contributed by atoms with E-state index in [1.807, 2.05) is 0 Å². The molecule has 0 fully saturated rings. The van der Waals surface area contributed by atoms with E-state index in [2.05, 4.69) is 10.1 Å². The Morgan fingerprint density at radius 2 is 1.61 bits per heavy atom. The number of nitrogens with one attached hydrogen (secondary N) is 1. The molecular weight excluding hydrogens is 603 g/mol. The second-order valence-corrected chi connectivity index (χ2v) is 11.1. The van der Waals surface area contributed by atoms with Crippen molar-refractivity contribution in [3.8, 4) is 17.2 Å². The third kappa shape index (κ3) is 3.77. The summed E-state index contributed by atoms with van der Waals surface area (Å²) in [5.74, 6) is -7.25. The van der Waals surface area contributed by atoms with E-state index in [9.17, 15) is 43.7 Å². The van der Waals surface area contributed by atoms with Crippen LogP contribution in [0.15, 0.2) is 58.2 Å². The molecule has 4 aromatic rings. The summed E-state index contributed by atoms with van der Waals surface area (Å²) in [6.45, 7) is 0.0376. The minimum Gasteiger partial charge on any atom is -0.507 e. The summed E-state index contributed by atoms with van der Waals surface area (Å²) in [6.07, 6.45) is 1.94. The highest BCUT2D eigenvalue weighted by Crippen LogP contribution is 2.57. The SMILES string of the molecule is COC1=CC(=O)c2c(O)c3c(c(O)c2C1=O)C(=O)[C@]1(CCc2cc4cc(/C=N/OCc5ccc(F)cc5)[nH]c(=O)c4c(O)c21)C3=O. The molecule has 0 radical (unpaired) electrons. The minimum atomic E-state index is -2.14. The van der Waals surface area contributed by atoms with Gasteiger partial charge in [0.05, 0.1) is 46.7 Å². The van der Waals surface area contributed by atoms with E-state index in [1.54, 1.807) is 6.07 Å². The number of rotatable bonds is 5. The highest BCUT2D eigenvalue weighted by Gasteiger charge is 2.61. The first-order valence-electron chi connectivity index (χ1n) is 13.9. The molecule has 1 spiro atoms. The molecule has 0 saturated heterocycles. The number of oxime groups is 1. The van der Waals surface area contributed by atoms with Gasteiger partial charge < -0.3 is 29.9 Å². The Bertz CT molecular complexity index is 2230. The van der Waals surface area contributed by atoms with E-state index < -0.39 is 85.2 Å². The number of carbonyl (C=O) groups excluding carboxylic acids is 4. The van der Waals surface area contributed by atoms with Crippen molar-refractivity contribution < 1.29 is 48.5 Å². The van der Waals surface area contributed by atoms with Gasteiger partial charge >= 0.3 is 0 Å². The lowest BCUT2D eigenvalue weighted by Gasteiger charge is -2.22. The van der Waals surface area contributed by atoms with E-state index in [0.29, 0.717) is 11.1 Å². The Hall–Kier alpha value is -6.11. The first-order chi connectivity index (χ1) is 22.0. The van der Waals surface area contributed by atoms with Crippen LogP contribution in [0.3, 0.4) is 0 Å². The predicted molar refractivity (Wildman–Crippen MR) is 157 cm³/mol. The average molecular weight is 625 g/mol. The molecule has 12 nitrogen and oxygen atoms in total. The van der Waals surface area contributed by atoms with Crippen LogP contribution in [-0.2, 0) is 28.0 Å². The molecule has 1 atom stereocenters. The highest BCUT2D eigenvalue weighted by molar-refractivity contribution is 6.38. The number of benzene rings is 3. The van der Waals surface area contributed by atoms with Crippen molar-refractivity contribution in [1.29, 1.82) is 0 Å². The van der Waals surface area contributed by atoms with Crippen LogP contribution in [0, 0.1) is 5.82 Å². The van der Waals surface area contributed by atoms with Gasteiger partial charge in [-0.15, -0.1) is 0 Å². The van der Waals surface area contributed by atoms with Crippen molar-refractivity contribution in [3.05, 3.63) is 109 Å².